The Morgan fingerprint density at radius 1 is 1.00 bits per heavy atom. The molecule has 1 aliphatic rings. The van der Waals surface area contributed by atoms with Gasteiger partial charge in [0.15, 0.2) is 5.75 Å². The third kappa shape index (κ3) is 3.58. The molecular weight excluding hydrogens is 408 g/mol. The number of phenolic OH excluding ortho intramolecular Hbond substituents is 1. The first kappa shape index (κ1) is 19.1. The van der Waals surface area contributed by atoms with Crippen LogP contribution in [0.5, 0.6) is 5.75 Å². The van der Waals surface area contributed by atoms with Gasteiger partial charge in [0.05, 0.1) is 21.2 Å². The van der Waals surface area contributed by atoms with Crippen LogP contribution in [0.1, 0.15) is 11.1 Å². The number of nitrogens with one attached hydrogen (secondary N) is 2. The molecule has 1 aliphatic heterocycles. The average molecular weight is 417 g/mol. The monoisotopic (exact) mass is 416 g/mol. The lowest BCUT2D eigenvalue weighted by Gasteiger charge is -2.14. The summed E-state index contributed by atoms with van der Waals surface area (Å²) in [5.74, 6) is -2.28. The molecule has 0 aliphatic carbocycles. The van der Waals surface area contributed by atoms with Crippen LogP contribution in [-0.4, -0.2) is 16.9 Å². The minimum absolute atomic E-state index is 0.102. The third-order valence-electron chi connectivity index (χ3n) is 3.72. The number of amides is 2. The molecule has 2 aromatic carbocycles. The molecule has 0 spiro atoms. The summed E-state index contributed by atoms with van der Waals surface area (Å²) in [4.78, 5) is 24.3. The van der Waals surface area contributed by atoms with Crippen molar-refractivity contribution >= 4 is 46.3 Å². The van der Waals surface area contributed by atoms with E-state index in [1.54, 1.807) is 0 Å². The van der Waals surface area contributed by atoms with Gasteiger partial charge in [-0.05, 0) is 18.2 Å². The number of benzene rings is 2. The third-order valence-corrected chi connectivity index (χ3v) is 4.30. The standard InChI is InChI=1S/C17H9Cl2F3N2O3/c18-10-5-7(6-11(19)14(10)25)23-13-12(15(26)24-16(13)27)8-3-1-2-4-9(8)17(20,21)22/h1-6,25H,(H2,23,24,26,27). The summed E-state index contributed by atoms with van der Waals surface area (Å²) in [5.41, 5.74) is -2.27. The lowest BCUT2D eigenvalue weighted by atomic mass is 9.98. The molecule has 0 fully saturated rings. The van der Waals surface area contributed by atoms with Gasteiger partial charge in [-0.1, -0.05) is 41.4 Å². The van der Waals surface area contributed by atoms with E-state index in [-0.39, 0.29) is 15.7 Å². The van der Waals surface area contributed by atoms with Gasteiger partial charge in [0.1, 0.15) is 5.70 Å². The Labute approximate surface area is 160 Å². The molecule has 0 aromatic heterocycles. The zero-order valence-electron chi connectivity index (χ0n) is 13.1. The number of alkyl halides is 3. The van der Waals surface area contributed by atoms with Gasteiger partial charge in [-0.15, -0.1) is 0 Å². The molecule has 3 rings (SSSR count). The molecule has 140 valence electrons. The van der Waals surface area contributed by atoms with Crippen molar-refractivity contribution in [2.45, 2.75) is 6.18 Å². The summed E-state index contributed by atoms with van der Waals surface area (Å²) in [5, 5.41) is 13.8. The first-order valence-corrected chi connectivity index (χ1v) is 8.06. The summed E-state index contributed by atoms with van der Waals surface area (Å²) in [6, 6.07) is 6.81. The zero-order chi connectivity index (χ0) is 19.9. The molecular formula is C17H9Cl2F3N2O3. The maximum atomic E-state index is 13.3. The Bertz CT molecular complexity index is 980. The molecule has 3 N–H and O–H groups in total. The highest BCUT2D eigenvalue weighted by Crippen LogP contribution is 2.39. The first-order chi connectivity index (χ1) is 12.6. The molecule has 1 heterocycles. The Morgan fingerprint density at radius 2 is 1.59 bits per heavy atom. The van der Waals surface area contributed by atoms with Crippen LogP contribution in [0.3, 0.4) is 0 Å². The summed E-state index contributed by atoms with van der Waals surface area (Å²) < 4.78 is 39.9. The highest BCUT2D eigenvalue weighted by molar-refractivity contribution is 6.38. The molecule has 0 saturated carbocycles. The fraction of sp³-hybridized carbons (Fsp3) is 0.0588. The summed E-state index contributed by atoms with van der Waals surface area (Å²) in [6.45, 7) is 0. The van der Waals surface area contributed by atoms with Gasteiger partial charge < -0.3 is 10.4 Å². The van der Waals surface area contributed by atoms with Crippen LogP contribution in [-0.2, 0) is 15.8 Å². The van der Waals surface area contributed by atoms with Crippen molar-refractivity contribution in [3.05, 3.63) is 63.3 Å². The van der Waals surface area contributed by atoms with Gasteiger partial charge in [-0.3, -0.25) is 14.9 Å². The van der Waals surface area contributed by atoms with E-state index in [9.17, 15) is 27.9 Å². The molecule has 2 aromatic rings. The number of carbonyl (C=O) groups excluding carboxylic acids is 2. The van der Waals surface area contributed by atoms with E-state index < -0.39 is 46.1 Å². The summed E-state index contributed by atoms with van der Waals surface area (Å²) in [6.07, 6.45) is -4.73. The number of aromatic hydroxyl groups is 1. The van der Waals surface area contributed by atoms with Crippen LogP contribution >= 0.6 is 23.2 Å². The number of imide groups is 1. The zero-order valence-corrected chi connectivity index (χ0v) is 14.6. The van der Waals surface area contributed by atoms with Gasteiger partial charge in [-0.2, -0.15) is 13.2 Å². The summed E-state index contributed by atoms with van der Waals surface area (Å²) >= 11 is 11.6. The quantitative estimate of drug-likeness (QED) is 0.517. The van der Waals surface area contributed by atoms with Gasteiger partial charge in [0.2, 0.25) is 0 Å². The van der Waals surface area contributed by atoms with Crippen LogP contribution in [0.15, 0.2) is 42.1 Å². The molecule has 0 atom stereocenters. The van der Waals surface area contributed by atoms with Gasteiger partial charge >= 0.3 is 6.18 Å². The Balaban J connectivity index is 2.16. The minimum Gasteiger partial charge on any atom is -0.505 e. The SMILES string of the molecule is O=C1NC(=O)C(c2ccccc2C(F)(F)F)=C1Nc1cc(Cl)c(O)c(Cl)c1. The van der Waals surface area contributed by atoms with Gasteiger partial charge in [0, 0.05) is 11.3 Å². The summed E-state index contributed by atoms with van der Waals surface area (Å²) in [7, 11) is 0. The second-order valence-electron chi connectivity index (χ2n) is 5.49. The van der Waals surface area contributed by atoms with Crippen LogP contribution in [0, 0.1) is 0 Å². The number of rotatable bonds is 3. The van der Waals surface area contributed by atoms with Crippen molar-refractivity contribution in [3.8, 4) is 5.75 Å². The van der Waals surface area contributed by atoms with E-state index >= 15 is 0 Å². The predicted octanol–water partition coefficient (Wildman–Crippen LogP) is 4.20. The topological polar surface area (TPSA) is 78.4 Å². The number of anilines is 1. The lowest BCUT2D eigenvalue weighted by molar-refractivity contribution is -0.137. The van der Waals surface area contributed by atoms with E-state index in [0.29, 0.717) is 0 Å². The van der Waals surface area contributed by atoms with E-state index in [4.69, 9.17) is 23.2 Å². The molecule has 27 heavy (non-hydrogen) atoms. The Hall–Kier alpha value is -2.71. The van der Waals surface area contributed by atoms with Crippen LogP contribution in [0.25, 0.3) is 5.57 Å². The number of halogens is 5. The van der Waals surface area contributed by atoms with Crippen molar-refractivity contribution in [2.75, 3.05) is 5.32 Å². The first-order valence-electron chi connectivity index (χ1n) is 7.31. The fourth-order valence-corrected chi connectivity index (χ4v) is 3.05. The molecule has 0 bridgehead atoms. The van der Waals surface area contributed by atoms with E-state index in [0.717, 1.165) is 12.1 Å². The molecule has 0 radical (unpaired) electrons. The van der Waals surface area contributed by atoms with Crippen molar-refractivity contribution in [3.63, 3.8) is 0 Å². The Kier molecular flexibility index (Phi) is 4.79. The minimum atomic E-state index is -4.73. The van der Waals surface area contributed by atoms with Gasteiger partial charge in [0.25, 0.3) is 11.8 Å². The Morgan fingerprint density at radius 3 is 2.19 bits per heavy atom. The highest BCUT2D eigenvalue weighted by atomic mass is 35.5. The normalized spacial score (nSPS) is 14.6. The number of hydrogen-bond donors (Lipinski definition) is 3. The number of phenols is 1. The number of carbonyl (C=O) groups is 2. The van der Waals surface area contributed by atoms with Crippen molar-refractivity contribution in [2.24, 2.45) is 0 Å². The van der Waals surface area contributed by atoms with Crippen LogP contribution in [0.2, 0.25) is 10.0 Å². The fourth-order valence-electron chi connectivity index (χ4n) is 2.56. The van der Waals surface area contributed by atoms with Crippen molar-refractivity contribution in [1.29, 1.82) is 0 Å². The average Bonchev–Trinajstić information content (AvgIpc) is 2.85. The van der Waals surface area contributed by atoms with Crippen molar-refractivity contribution < 1.29 is 27.9 Å². The molecule has 2 amide bonds. The van der Waals surface area contributed by atoms with E-state index in [2.05, 4.69) is 5.32 Å². The van der Waals surface area contributed by atoms with E-state index in [1.807, 2.05) is 5.32 Å². The molecule has 10 heteroatoms. The van der Waals surface area contributed by atoms with Crippen LogP contribution in [0.4, 0.5) is 18.9 Å². The smallest absolute Gasteiger partial charge is 0.417 e. The van der Waals surface area contributed by atoms with E-state index in [1.165, 1.54) is 24.3 Å². The molecule has 0 saturated heterocycles. The number of hydrogen-bond acceptors (Lipinski definition) is 4. The lowest BCUT2D eigenvalue weighted by Crippen LogP contribution is -2.24. The van der Waals surface area contributed by atoms with Gasteiger partial charge in [-0.25, -0.2) is 0 Å². The van der Waals surface area contributed by atoms with Crippen molar-refractivity contribution in [1.82, 2.24) is 5.32 Å². The molecule has 5 nitrogen and oxygen atoms in total. The maximum absolute atomic E-state index is 13.3. The molecule has 0 unspecified atom stereocenters. The predicted molar refractivity (Wildman–Crippen MR) is 93.3 cm³/mol. The highest BCUT2D eigenvalue weighted by Gasteiger charge is 2.39. The second-order valence-corrected chi connectivity index (χ2v) is 6.30. The van der Waals surface area contributed by atoms with Crippen LogP contribution < -0.4 is 10.6 Å². The largest absolute Gasteiger partial charge is 0.505 e. The maximum Gasteiger partial charge on any atom is 0.417 e. The second kappa shape index (κ2) is 6.79.